The van der Waals surface area contributed by atoms with Crippen LogP contribution in [0.1, 0.15) is 32.0 Å². The van der Waals surface area contributed by atoms with Crippen molar-refractivity contribution in [3.8, 4) is 0 Å². The molecule has 1 aliphatic rings. The number of anilines is 1. The van der Waals surface area contributed by atoms with Crippen LogP contribution < -0.4 is 5.32 Å². The number of aromatic nitrogens is 2. The number of nitrogens with one attached hydrogen (secondary N) is 1. The Morgan fingerprint density at radius 1 is 1.60 bits per heavy atom. The highest BCUT2D eigenvalue weighted by Gasteiger charge is 2.18. The quantitative estimate of drug-likeness (QED) is 0.836. The van der Waals surface area contributed by atoms with E-state index in [1.54, 1.807) is 0 Å². The summed E-state index contributed by atoms with van der Waals surface area (Å²) in [6.45, 7) is 4.01. The van der Waals surface area contributed by atoms with Crippen LogP contribution in [-0.4, -0.2) is 28.6 Å². The minimum Gasteiger partial charge on any atom is -0.378 e. The molecule has 5 heteroatoms. The van der Waals surface area contributed by atoms with Crippen molar-refractivity contribution in [3.63, 3.8) is 0 Å². The van der Waals surface area contributed by atoms with Gasteiger partial charge in [-0.1, -0.05) is 6.92 Å². The van der Waals surface area contributed by atoms with Crippen LogP contribution in [0.5, 0.6) is 0 Å². The Labute approximate surface area is 94.2 Å². The average molecular weight is 227 g/mol. The molecule has 1 aliphatic heterocycles. The van der Waals surface area contributed by atoms with Gasteiger partial charge in [-0.3, -0.25) is 0 Å². The molecular weight excluding hydrogens is 210 g/mol. The molecule has 0 bridgehead atoms. The highest BCUT2D eigenvalue weighted by molar-refractivity contribution is 7.09. The van der Waals surface area contributed by atoms with Crippen LogP contribution in [0.2, 0.25) is 0 Å². The van der Waals surface area contributed by atoms with Crippen molar-refractivity contribution in [1.82, 2.24) is 9.36 Å². The zero-order chi connectivity index (χ0) is 10.5. The molecule has 1 fully saturated rings. The van der Waals surface area contributed by atoms with Crippen LogP contribution in [0.25, 0.3) is 0 Å². The molecule has 0 amide bonds. The first-order valence-corrected chi connectivity index (χ1v) is 6.34. The van der Waals surface area contributed by atoms with Crippen molar-refractivity contribution < 1.29 is 4.74 Å². The first-order valence-electron chi connectivity index (χ1n) is 5.56. The van der Waals surface area contributed by atoms with Gasteiger partial charge in [-0.2, -0.15) is 4.37 Å². The van der Waals surface area contributed by atoms with E-state index in [2.05, 4.69) is 21.6 Å². The first-order chi connectivity index (χ1) is 7.38. The summed E-state index contributed by atoms with van der Waals surface area (Å²) in [4.78, 5) is 4.43. The van der Waals surface area contributed by atoms with Crippen molar-refractivity contribution in [2.75, 3.05) is 18.5 Å². The molecule has 0 saturated carbocycles. The molecule has 0 spiro atoms. The van der Waals surface area contributed by atoms with Gasteiger partial charge in [0.2, 0.25) is 5.13 Å². The van der Waals surface area contributed by atoms with E-state index >= 15 is 0 Å². The van der Waals surface area contributed by atoms with Crippen molar-refractivity contribution in [3.05, 3.63) is 5.82 Å². The number of hydrogen-bond donors (Lipinski definition) is 1. The van der Waals surface area contributed by atoms with Gasteiger partial charge in [-0.15, -0.1) is 0 Å². The molecule has 15 heavy (non-hydrogen) atoms. The second-order valence-corrected chi connectivity index (χ2v) is 4.53. The Balaban J connectivity index is 1.83. The van der Waals surface area contributed by atoms with Gasteiger partial charge in [0.15, 0.2) is 0 Å². The minimum atomic E-state index is 0.346. The lowest BCUT2D eigenvalue weighted by Crippen LogP contribution is -2.10. The fourth-order valence-electron chi connectivity index (χ4n) is 1.65. The summed E-state index contributed by atoms with van der Waals surface area (Å²) in [7, 11) is 0. The molecule has 1 aromatic rings. The fraction of sp³-hybridized carbons (Fsp3) is 0.800. The van der Waals surface area contributed by atoms with E-state index in [1.165, 1.54) is 18.0 Å². The third kappa shape index (κ3) is 3.14. The van der Waals surface area contributed by atoms with Crippen molar-refractivity contribution in [1.29, 1.82) is 0 Å². The van der Waals surface area contributed by atoms with Gasteiger partial charge in [-0.25, -0.2) is 4.98 Å². The summed E-state index contributed by atoms with van der Waals surface area (Å²) in [6, 6.07) is 0. The van der Waals surface area contributed by atoms with Gasteiger partial charge in [0, 0.05) is 31.1 Å². The lowest BCUT2D eigenvalue weighted by Gasteiger charge is -2.04. The van der Waals surface area contributed by atoms with Crippen LogP contribution >= 0.6 is 11.5 Å². The number of ether oxygens (including phenoxy) is 1. The number of nitrogens with zero attached hydrogens (tertiary/aromatic N) is 2. The Kier molecular flexibility index (Phi) is 3.91. The third-order valence-corrected chi connectivity index (χ3v) is 3.14. The summed E-state index contributed by atoms with van der Waals surface area (Å²) in [5.74, 6) is 0.922. The van der Waals surface area contributed by atoms with Crippen molar-refractivity contribution in [2.24, 2.45) is 0 Å². The second kappa shape index (κ2) is 5.42. The Morgan fingerprint density at radius 2 is 2.53 bits per heavy atom. The predicted molar refractivity (Wildman–Crippen MR) is 61.4 cm³/mol. The van der Waals surface area contributed by atoms with Gasteiger partial charge in [0.05, 0.1) is 6.10 Å². The maximum Gasteiger partial charge on any atom is 0.202 e. The molecule has 2 rings (SSSR count). The molecule has 0 radical (unpaired) electrons. The Bertz CT molecular complexity index is 297. The summed E-state index contributed by atoms with van der Waals surface area (Å²) in [5, 5.41) is 4.18. The minimum absolute atomic E-state index is 0.346. The van der Waals surface area contributed by atoms with Gasteiger partial charge >= 0.3 is 0 Å². The normalized spacial score (nSPS) is 20.7. The number of rotatable bonds is 5. The lowest BCUT2D eigenvalue weighted by molar-refractivity contribution is 0.110. The van der Waals surface area contributed by atoms with E-state index in [1.807, 2.05) is 0 Å². The Morgan fingerprint density at radius 3 is 3.27 bits per heavy atom. The maximum absolute atomic E-state index is 5.55. The molecule has 0 aromatic carbocycles. The predicted octanol–water partition coefficient (Wildman–Crippen LogP) is 2.08. The summed E-state index contributed by atoms with van der Waals surface area (Å²) < 4.78 is 9.87. The van der Waals surface area contributed by atoms with Gasteiger partial charge < -0.3 is 10.1 Å². The smallest absolute Gasteiger partial charge is 0.202 e. The summed E-state index contributed by atoms with van der Waals surface area (Å²) in [6.07, 6.45) is 4.65. The van der Waals surface area contributed by atoms with E-state index < -0.39 is 0 Å². The second-order valence-electron chi connectivity index (χ2n) is 3.78. The highest BCUT2D eigenvalue weighted by Crippen LogP contribution is 2.18. The zero-order valence-corrected chi connectivity index (χ0v) is 9.85. The van der Waals surface area contributed by atoms with Gasteiger partial charge in [0.25, 0.3) is 0 Å². The molecule has 1 atom stereocenters. The standard InChI is InChI=1S/C10H17N3OS/c1-2-5-11-10-12-9(13-15-10)7-8-4-3-6-14-8/h8H,2-7H2,1H3,(H,11,12,13). The lowest BCUT2D eigenvalue weighted by atomic mass is 10.2. The molecule has 4 nitrogen and oxygen atoms in total. The van der Waals surface area contributed by atoms with Crippen LogP contribution in [0.3, 0.4) is 0 Å². The molecule has 1 saturated heterocycles. The first kappa shape index (κ1) is 10.8. The van der Waals surface area contributed by atoms with E-state index in [-0.39, 0.29) is 0 Å². The van der Waals surface area contributed by atoms with Crippen molar-refractivity contribution in [2.45, 2.75) is 38.7 Å². The van der Waals surface area contributed by atoms with Gasteiger partial charge in [0.1, 0.15) is 5.82 Å². The average Bonchev–Trinajstić information content (AvgIpc) is 2.87. The van der Waals surface area contributed by atoms with Crippen LogP contribution in [0, 0.1) is 0 Å². The third-order valence-electron chi connectivity index (χ3n) is 2.43. The van der Waals surface area contributed by atoms with E-state index in [4.69, 9.17) is 4.74 Å². The molecular formula is C10H17N3OS. The largest absolute Gasteiger partial charge is 0.378 e. The maximum atomic E-state index is 5.55. The van der Waals surface area contributed by atoms with Crippen molar-refractivity contribution >= 4 is 16.7 Å². The van der Waals surface area contributed by atoms with Crippen LogP contribution in [0.15, 0.2) is 0 Å². The van der Waals surface area contributed by atoms with Crippen LogP contribution in [-0.2, 0) is 11.2 Å². The fourth-order valence-corrected chi connectivity index (χ4v) is 2.27. The SMILES string of the molecule is CCCNc1nc(CC2CCCO2)ns1. The van der Waals surface area contributed by atoms with E-state index in [9.17, 15) is 0 Å². The molecule has 1 aromatic heterocycles. The molecule has 84 valence electrons. The topological polar surface area (TPSA) is 47.0 Å². The Hall–Kier alpha value is -0.680. The molecule has 2 heterocycles. The van der Waals surface area contributed by atoms with Gasteiger partial charge in [-0.05, 0) is 19.3 Å². The number of hydrogen-bond acceptors (Lipinski definition) is 5. The molecule has 1 N–H and O–H groups in total. The van der Waals surface area contributed by atoms with E-state index in [0.717, 1.165) is 43.4 Å². The summed E-state index contributed by atoms with van der Waals surface area (Å²) >= 11 is 1.45. The van der Waals surface area contributed by atoms with Crippen LogP contribution in [0.4, 0.5) is 5.13 Å². The zero-order valence-electron chi connectivity index (χ0n) is 9.03. The monoisotopic (exact) mass is 227 g/mol. The van der Waals surface area contributed by atoms with E-state index in [0.29, 0.717) is 6.10 Å². The highest BCUT2D eigenvalue weighted by atomic mass is 32.1. The summed E-state index contributed by atoms with van der Waals surface area (Å²) in [5.41, 5.74) is 0. The molecule has 1 unspecified atom stereocenters. The molecule has 0 aliphatic carbocycles.